The molecule has 0 amide bonds. The van der Waals surface area contributed by atoms with Gasteiger partial charge in [0.2, 0.25) is 0 Å². The smallest absolute Gasteiger partial charge is 0.136 e. The molecule has 1 aliphatic heterocycles. The molecule has 0 spiro atoms. The molecule has 3 rings (SSSR count). The van der Waals surface area contributed by atoms with Crippen molar-refractivity contribution >= 4 is 22.3 Å². The molecule has 1 N–H and O–H groups in total. The lowest BCUT2D eigenvalue weighted by atomic mass is 9.99. The third kappa shape index (κ3) is 3.17. The fourth-order valence-electron chi connectivity index (χ4n) is 3.27. The van der Waals surface area contributed by atoms with Crippen molar-refractivity contribution in [2.75, 3.05) is 43.6 Å². The Morgan fingerprint density at radius 1 is 1.32 bits per heavy atom. The highest BCUT2D eigenvalue weighted by atomic mass is 16.5. The molecule has 4 heteroatoms. The summed E-state index contributed by atoms with van der Waals surface area (Å²) in [5.41, 5.74) is 1.16. The number of piperidine rings is 1. The molecule has 1 aromatic heterocycles. The van der Waals surface area contributed by atoms with Gasteiger partial charge in [-0.05, 0) is 30.9 Å². The van der Waals surface area contributed by atoms with Gasteiger partial charge < -0.3 is 15.0 Å². The molecule has 22 heavy (non-hydrogen) atoms. The van der Waals surface area contributed by atoms with Crippen molar-refractivity contribution in [3.8, 4) is 0 Å². The topological polar surface area (TPSA) is 37.4 Å². The second-order valence-corrected chi connectivity index (χ2v) is 6.15. The molecule has 2 aromatic rings. The molecule has 0 radical (unpaired) electrons. The van der Waals surface area contributed by atoms with Gasteiger partial charge in [0.1, 0.15) is 5.82 Å². The first kappa shape index (κ1) is 15.1. The predicted octanol–water partition coefficient (Wildman–Crippen LogP) is 3.53. The van der Waals surface area contributed by atoms with Crippen LogP contribution in [0.3, 0.4) is 0 Å². The molecule has 1 atom stereocenters. The molecule has 118 valence electrons. The van der Waals surface area contributed by atoms with E-state index in [1.807, 2.05) is 6.20 Å². The van der Waals surface area contributed by atoms with Crippen molar-refractivity contribution < 1.29 is 4.74 Å². The quantitative estimate of drug-likeness (QED) is 0.857. The van der Waals surface area contributed by atoms with E-state index in [4.69, 9.17) is 4.74 Å². The van der Waals surface area contributed by atoms with Crippen molar-refractivity contribution in [1.82, 2.24) is 4.98 Å². The molecule has 0 bridgehead atoms. The summed E-state index contributed by atoms with van der Waals surface area (Å²) in [7, 11) is 1.73. The van der Waals surface area contributed by atoms with Gasteiger partial charge in [0.05, 0.1) is 6.61 Å². The standard InChI is InChI=1S/C18H25N3O/c1-14-5-4-11-21(13-14)18-16-6-3-7-17(19-10-12-22-2)15(16)8-9-20-18/h3,6-9,14,19H,4-5,10-13H2,1-2H3. The monoisotopic (exact) mass is 299 g/mol. The molecule has 4 nitrogen and oxygen atoms in total. The van der Waals surface area contributed by atoms with Gasteiger partial charge in [0.15, 0.2) is 0 Å². The largest absolute Gasteiger partial charge is 0.383 e. The average molecular weight is 299 g/mol. The second kappa shape index (κ2) is 6.97. The number of hydrogen-bond donors (Lipinski definition) is 1. The second-order valence-electron chi connectivity index (χ2n) is 6.15. The van der Waals surface area contributed by atoms with E-state index in [2.05, 4.69) is 46.4 Å². The lowest BCUT2D eigenvalue weighted by Crippen LogP contribution is -2.34. The van der Waals surface area contributed by atoms with E-state index in [-0.39, 0.29) is 0 Å². The average Bonchev–Trinajstić information content (AvgIpc) is 2.55. The first-order valence-electron chi connectivity index (χ1n) is 8.15. The van der Waals surface area contributed by atoms with Crippen LogP contribution in [0.25, 0.3) is 10.8 Å². The summed E-state index contributed by atoms with van der Waals surface area (Å²) in [5.74, 6) is 1.87. The normalized spacial score (nSPS) is 18.6. The van der Waals surface area contributed by atoms with Gasteiger partial charge in [-0.15, -0.1) is 0 Å². The van der Waals surface area contributed by atoms with Crippen molar-refractivity contribution in [1.29, 1.82) is 0 Å². The number of rotatable bonds is 5. The molecule has 1 saturated heterocycles. The number of ether oxygens (including phenoxy) is 1. The molecule has 1 aliphatic rings. The SMILES string of the molecule is COCCNc1cccc2c(N3CCCC(C)C3)nccc12. The number of nitrogens with zero attached hydrogens (tertiary/aromatic N) is 2. The van der Waals surface area contributed by atoms with Gasteiger partial charge >= 0.3 is 0 Å². The minimum absolute atomic E-state index is 0.706. The molecule has 1 aromatic carbocycles. The maximum absolute atomic E-state index is 5.12. The Balaban J connectivity index is 1.93. The van der Waals surface area contributed by atoms with Crippen molar-refractivity contribution in [3.05, 3.63) is 30.5 Å². The van der Waals surface area contributed by atoms with E-state index >= 15 is 0 Å². The third-order valence-corrected chi connectivity index (χ3v) is 4.36. The van der Waals surface area contributed by atoms with Crippen molar-refractivity contribution in [2.45, 2.75) is 19.8 Å². The highest BCUT2D eigenvalue weighted by molar-refractivity contribution is 6.00. The number of benzene rings is 1. The van der Waals surface area contributed by atoms with E-state index in [1.54, 1.807) is 7.11 Å². The number of anilines is 2. The Morgan fingerprint density at radius 3 is 3.05 bits per heavy atom. The van der Waals surface area contributed by atoms with Crippen LogP contribution in [-0.2, 0) is 4.74 Å². The number of aromatic nitrogens is 1. The van der Waals surface area contributed by atoms with Crippen LogP contribution in [0.5, 0.6) is 0 Å². The van der Waals surface area contributed by atoms with Crippen molar-refractivity contribution in [3.63, 3.8) is 0 Å². The van der Waals surface area contributed by atoms with Gasteiger partial charge in [-0.1, -0.05) is 19.1 Å². The van der Waals surface area contributed by atoms with Crippen LogP contribution in [0.1, 0.15) is 19.8 Å². The zero-order chi connectivity index (χ0) is 15.4. The number of hydrogen-bond acceptors (Lipinski definition) is 4. The summed E-state index contributed by atoms with van der Waals surface area (Å²) in [6.45, 7) is 6.06. The van der Waals surface area contributed by atoms with Crippen LogP contribution in [0.2, 0.25) is 0 Å². The fraction of sp³-hybridized carbons (Fsp3) is 0.500. The lowest BCUT2D eigenvalue weighted by Gasteiger charge is -2.32. The van der Waals surface area contributed by atoms with Crippen LogP contribution < -0.4 is 10.2 Å². The fourth-order valence-corrected chi connectivity index (χ4v) is 3.27. The Labute approximate surface area is 132 Å². The Morgan fingerprint density at radius 2 is 2.23 bits per heavy atom. The molecule has 1 unspecified atom stereocenters. The Kier molecular flexibility index (Phi) is 4.78. The van der Waals surface area contributed by atoms with Gasteiger partial charge in [-0.3, -0.25) is 0 Å². The third-order valence-electron chi connectivity index (χ3n) is 4.36. The number of nitrogens with one attached hydrogen (secondary N) is 1. The molecular formula is C18H25N3O. The first-order valence-corrected chi connectivity index (χ1v) is 8.15. The minimum atomic E-state index is 0.706. The Hall–Kier alpha value is -1.81. The summed E-state index contributed by atoms with van der Waals surface area (Å²) in [5, 5.41) is 5.93. The van der Waals surface area contributed by atoms with Crippen LogP contribution in [0.15, 0.2) is 30.5 Å². The number of fused-ring (bicyclic) bond motifs is 1. The molecule has 0 saturated carbocycles. The van der Waals surface area contributed by atoms with E-state index < -0.39 is 0 Å². The van der Waals surface area contributed by atoms with Crippen LogP contribution in [0, 0.1) is 5.92 Å². The zero-order valence-corrected chi connectivity index (χ0v) is 13.5. The molecule has 2 heterocycles. The van der Waals surface area contributed by atoms with E-state index in [0.29, 0.717) is 6.61 Å². The summed E-state index contributed by atoms with van der Waals surface area (Å²) in [6, 6.07) is 8.51. The highest BCUT2D eigenvalue weighted by Gasteiger charge is 2.19. The maximum Gasteiger partial charge on any atom is 0.136 e. The van der Waals surface area contributed by atoms with Gasteiger partial charge in [-0.25, -0.2) is 4.98 Å². The van der Waals surface area contributed by atoms with Crippen molar-refractivity contribution in [2.24, 2.45) is 5.92 Å². The Bertz CT molecular complexity index is 629. The van der Waals surface area contributed by atoms with E-state index in [9.17, 15) is 0 Å². The zero-order valence-electron chi connectivity index (χ0n) is 13.5. The number of methoxy groups -OCH3 is 1. The maximum atomic E-state index is 5.12. The van der Waals surface area contributed by atoms with Gasteiger partial charge in [0, 0.05) is 49.4 Å². The van der Waals surface area contributed by atoms with Crippen LogP contribution in [-0.4, -0.2) is 38.3 Å². The van der Waals surface area contributed by atoms with Crippen LogP contribution in [0.4, 0.5) is 11.5 Å². The molecule has 0 aliphatic carbocycles. The van der Waals surface area contributed by atoms with Crippen LogP contribution >= 0.6 is 0 Å². The highest BCUT2D eigenvalue weighted by Crippen LogP contribution is 2.31. The summed E-state index contributed by atoms with van der Waals surface area (Å²) in [6.07, 6.45) is 4.51. The van der Waals surface area contributed by atoms with E-state index in [0.717, 1.165) is 37.1 Å². The summed E-state index contributed by atoms with van der Waals surface area (Å²) < 4.78 is 5.12. The molecular weight excluding hydrogens is 274 g/mol. The van der Waals surface area contributed by atoms with Gasteiger partial charge in [-0.2, -0.15) is 0 Å². The summed E-state index contributed by atoms with van der Waals surface area (Å²) >= 11 is 0. The minimum Gasteiger partial charge on any atom is -0.383 e. The van der Waals surface area contributed by atoms with Gasteiger partial charge in [0.25, 0.3) is 0 Å². The first-order chi connectivity index (χ1) is 10.8. The molecule has 1 fully saturated rings. The summed E-state index contributed by atoms with van der Waals surface area (Å²) in [4.78, 5) is 7.12. The van der Waals surface area contributed by atoms with E-state index in [1.165, 1.54) is 23.6 Å². The predicted molar refractivity (Wildman–Crippen MR) is 92.7 cm³/mol. The number of pyridine rings is 1. The lowest BCUT2D eigenvalue weighted by molar-refractivity contribution is 0.211.